The normalized spacial score (nSPS) is 27.1. The minimum absolute atomic E-state index is 0.188. The van der Waals surface area contributed by atoms with Crippen molar-refractivity contribution in [2.24, 2.45) is 23.7 Å². The molecule has 1 N–H and O–H groups in total. The molecule has 152 valence electrons. The van der Waals surface area contributed by atoms with Gasteiger partial charge in [-0.05, 0) is 37.2 Å². The highest BCUT2D eigenvalue weighted by atomic mass is 16.6. The molecule has 1 aliphatic heterocycles. The third-order valence-electron chi connectivity index (χ3n) is 6.01. The van der Waals surface area contributed by atoms with E-state index in [4.69, 9.17) is 4.74 Å². The predicted octanol–water partition coefficient (Wildman–Crippen LogP) is 1.11. The van der Waals surface area contributed by atoms with Crippen LogP contribution < -0.4 is 5.32 Å². The number of ether oxygens (including phenoxy) is 1. The van der Waals surface area contributed by atoms with Crippen molar-refractivity contribution in [3.8, 4) is 0 Å². The molecule has 3 fully saturated rings. The van der Waals surface area contributed by atoms with Crippen molar-refractivity contribution < 1.29 is 28.8 Å². The second-order valence-corrected chi connectivity index (χ2v) is 7.66. The number of rotatable bonds is 6. The van der Waals surface area contributed by atoms with Crippen LogP contribution in [-0.2, 0) is 23.9 Å². The summed E-state index contributed by atoms with van der Waals surface area (Å²) < 4.78 is 4.87. The Hall–Kier alpha value is -3.30. The van der Waals surface area contributed by atoms with Crippen LogP contribution in [0.1, 0.15) is 19.3 Å². The summed E-state index contributed by atoms with van der Waals surface area (Å²) in [7, 11) is 0. The quantitative estimate of drug-likeness (QED) is 0.326. The molecule has 4 rings (SSSR count). The van der Waals surface area contributed by atoms with Crippen LogP contribution in [0.5, 0.6) is 0 Å². The van der Waals surface area contributed by atoms with E-state index in [1.165, 1.54) is 24.3 Å². The minimum Gasteiger partial charge on any atom is -0.454 e. The van der Waals surface area contributed by atoms with E-state index in [1.54, 1.807) is 0 Å². The molecular formula is C19H19N3O7. The number of esters is 1. The Labute approximate surface area is 165 Å². The van der Waals surface area contributed by atoms with E-state index in [1.807, 2.05) is 0 Å². The van der Waals surface area contributed by atoms with E-state index in [-0.39, 0.29) is 46.9 Å². The Morgan fingerprint density at radius 1 is 1.17 bits per heavy atom. The van der Waals surface area contributed by atoms with Crippen LogP contribution >= 0.6 is 0 Å². The number of anilines is 1. The first-order valence-electron chi connectivity index (χ1n) is 9.40. The summed E-state index contributed by atoms with van der Waals surface area (Å²) in [6.45, 7) is -1.13. The zero-order chi connectivity index (χ0) is 20.7. The van der Waals surface area contributed by atoms with Gasteiger partial charge in [0.15, 0.2) is 6.61 Å². The zero-order valence-electron chi connectivity index (χ0n) is 15.4. The van der Waals surface area contributed by atoms with Crippen molar-refractivity contribution in [1.29, 1.82) is 0 Å². The number of amides is 3. The fraction of sp³-hybridized carbons (Fsp3) is 0.474. The molecule has 1 aromatic carbocycles. The first-order chi connectivity index (χ1) is 13.8. The Morgan fingerprint density at radius 2 is 1.83 bits per heavy atom. The number of non-ortho nitro benzene ring substituents is 1. The van der Waals surface area contributed by atoms with E-state index in [0.717, 1.165) is 24.2 Å². The van der Waals surface area contributed by atoms with Gasteiger partial charge in [-0.2, -0.15) is 0 Å². The highest BCUT2D eigenvalue weighted by Gasteiger charge is 2.61. The van der Waals surface area contributed by atoms with Gasteiger partial charge in [-0.15, -0.1) is 0 Å². The number of hydrogen-bond donors (Lipinski definition) is 1. The van der Waals surface area contributed by atoms with Crippen LogP contribution in [0.15, 0.2) is 24.3 Å². The Bertz CT molecular complexity index is 887. The lowest BCUT2D eigenvalue weighted by Crippen LogP contribution is -2.38. The Balaban J connectivity index is 1.29. The van der Waals surface area contributed by atoms with Gasteiger partial charge in [0.05, 0.1) is 16.8 Å². The van der Waals surface area contributed by atoms with Gasteiger partial charge in [0, 0.05) is 17.8 Å². The van der Waals surface area contributed by atoms with Crippen LogP contribution in [0.4, 0.5) is 11.4 Å². The lowest BCUT2D eigenvalue weighted by atomic mass is 9.81. The maximum absolute atomic E-state index is 12.6. The lowest BCUT2D eigenvalue weighted by molar-refractivity contribution is -0.384. The zero-order valence-corrected chi connectivity index (χ0v) is 15.4. The molecular weight excluding hydrogens is 382 g/mol. The molecule has 2 bridgehead atoms. The first kappa shape index (κ1) is 19.0. The van der Waals surface area contributed by atoms with Crippen molar-refractivity contribution in [2.75, 3.05) is 18.5 Å². The first-order valence-corrected chi connectivity index (χ1v) is 9.40. The lowest BCUT2D eigenvalue weighted by Gasteiger charge is -2.19. The number of hydrogen-bond acceptors (Lipinski definition) is 7. The van der Waals surface area contributed by atoms with E-state index in [9.17, 15) is 29.3 Å². The van der Waals surface area contributed by atoms with E-state index >= 15 is 0 Å². The standard InChI is InChI=1S/C19H19N3O7/c23-14(20-12-2-1-3-13(7-12)22(27)28)9-29-15(24)8-21-18(25)16-10-4-5-11(6-10)17(16)19(21)26/h1-3,7,10-11,16-17H,4-6,8-9H2,(H,20,23)/t10-,11+,16-,17+. The summed E-state index contributed by atoms with van der Waals surface area (Å²) in [5, 5.41) is 13.1. The van der Waals surface area contributed by atoms with Gasteiger partial charge >= 0.3 is 5.97 Å². The molecule has 2 aliphatic carbocycles. The molecule has 1 heterocycles. The largest absolute Gasteiger partial charge is 0.454 e. The number of nitrogens with zero attached hydrogens (tertiary/aromatic N) is 2. The summed E-state index contributed by atoms with van der Waals surface area (Å²) in [5.74, 6) is -2.35. The summed E-state index contributed by atoms with van der Waals surface area (Å²) >= 11 is 0. The van der Waals surface area contributed by atoms with Gasteiger partial charge in [-0.25, -0.2) is 0 Å². The molecule has 3 aliphatic rings. The maximum Gasteiger partial charge on any atom is 0.326 e. The number of carbonyl (C=O) groups excluding carboxylic acids is 4. The fourth-order valence-corrected chi connectivity index (χ4v) is 4.84. The van der Waals surface area contributed by atoms with Crippen LogP contribution in [0.3, 0.4) is 0 Å². The third kappa shape index (κ3) is 3.45. The van der Waals surface area contributed by atoms with Gasteiger partial charge in [0.1, 0.15) is 6.54 Å². The average molecular weight is 401 g/mol. The Morgan fingerprint density at radius 3 is 2.45 bits per heavy atom. The third-order valence-corrected chi connectivity index (χ3v) is 6.01. The number of imide groups is 1. The van der Waals surface area contributed by atoms with Gasteiger partial charge in [0.25, 0.3) is 11.6 Å². The number of nitrogens with one attached hydrogen (secondary N) is 1. The highest BCUT2D eigenvalue weighted by Crippen LogP contribution is 2.56. The summed E-state index contributed by atoms with van der Waals surface area (Å²) in [5.41, 5.74) is -0.00110. The molecule has 3 amide bonds. The molecule has 0 aromatic heterocycles. The van der Waals surface area contributed by atoms with Gasteiger partial charge in [0.2, 0.25) is 11.8 Å². The average Bonchev–Trinajstić information content (AvgIpc) is 3.37. The predicted molar refractivity (Wildman–Crippen MR) is 97.2 cm³/mol. The second-order valence-electron chi connectivity index (χ2n) is 7.66. The number of benzene rings is 1. The number of carbonyl (C=O) groups is 4. The SMILES string of the molecule is O=C(COC(=O)CN1C(=O)[C@@H]2[C@@H]3CC[C@@H](C3)[C@@H]2C1=O)Nc1cccc([N+](=O)[O-])c1. The highest BCUT2D eigenvalue weighted by molar-refractivity contribution is 6.07. The molecule has 29 heavy (non-hydrogen) atoms. The van der Waals surface area contributed by atoms with Gasteiger partial charge < -0.3 is 10.1 Å². The Kier molecular flexibility index (Phi) is 4.77. The molecule has 0 spiro atoms. The van der Waals surface area contributed by atoms with Crippen molar-refractivity contribution in [3.63, 3.8) is 0 Å². The van der Waals surface area contributed by atoms with Crippen molar-refractivity contribution in [3.05, 3.63) is 34.4 Å². The van der Waals surface area contributed by atoms with E-state index in [2.05, 4.69) is 5.32 Å². The number of likely N-dealkylation sites (tertiary alicyclic amines) is 1. The molecule has 10 heteroatoms. The topological polar surface area (TPSA) is 136 Å². The van der Waals surface area contributed by atoms with Crippen LogP contribution in [-0.4, -0.2) is 46.7 Å². The monoisotopic (exact) mass is 401 g/mol. The van der Waals surface area contributed by atoms with Crippen molar-refractivity contribution in [2.45, 2.75) is 19.3 Å². The van der Waals surface area contributed by atoms with E-state index in [0.29, 0.717) is 0 Å². The van der Waals surface area contributed by atoms with Gasteiger partial charge in [-0.1, -0.05) is 6.07 Å². The molecule has 1 aromatic rings. The molecule has 1 saturated heterocycles. The van der Waals surface area contributed by atoms with Gasteiger partial charge in [-0.3, -0.25) is 34.2 Å². The number of nitro benzene ring substituents is 1. The molecule has 0 unspecified atom stereocenters. The molecule has 4 atom stereocenters. The van der Waals surface area contributed by atoms with Crippen LogP contribution in [0, 0.1) is 33.8 Å². The molecule has 0 radical (unpaired) electrons. The fourth-order valence-electron chi connectivity index (χ4n) is 4.84. The smallest absolute Gasteiger partial charge is 0.326 e. The maximum atomic E-state index is 12.6. The summed E-state index contributed by atoms with van der Waals surface area (Å²) in [4.78, 5) is 60.2. The van der Waals surface area contributed by atoms with Crippen molar-refractivity contribution in [1.82, 2.24) is 4.90 Å². The molecule has 2 saturated carbocycles. The van der Waals surface area contributed by atoms with Crippen LogP contribution in [0.25, 0.3) is 0 Å². The van der Waals surface area contributed by atoms with Crippen molar-refractivity contribution >= 4 is 35.1 Å². The summed E-state index contributed by atoms with van der Waals surface area (Å²) in [6, 6.07) is 5.32. The number of fused-ring (bicyclic) bond motifs is 5. The number of nitro groups is 1. The summed E-state index contributed by atoms with van der Waals surface area (Å²) in [6.07, 6.45) is 2.80. The van der Waals surface area contributed by atoms with Crippen LogP contribution in [0.2, 0.25) is 0 Å². The molecule has 10 nitrogen and oxygen atoms in total. The minimum atomic E-state index is -0.854. The van der Waals surface area contributed by atoms with E-state index < -0.39 is 30.0 Å². The second kappa shape index (κ2) is 7.26.